The topological polar surface area (TPSA) is 102 Å². The molecular formula is C8H6N4O3. The van der Waals surface area contributed by atoms with Crippen molar-refractivity contribution in [3.63, 3.8) is 0 Å². The second kappa shape index (κ2) is 3.45. The van der Waals surface area contributed by atoms with E-state index in [2.05, 4.69) is 20.3 Å². The molecule has 0 spiro atoms. The summed E-state index contributed by atoms with van der Waals surface area (Å²) in [4.78, 5) is 14.2. The molecule has 2 rings (SSSR count). The third kappa shape index (κ3) is 1.66. The van der Waals surface area contributed by atoms with Crippen LogP contribution in [0.4, 0.5) is 0 Å². The first-order valence-electron chi connectivity index (χ1n) is 4.04. The molecular weight excluding hydrogens is 200 g/mol. The smallest absolute Gasteiger partial charge is 0.377 e. The van der Waals surface area contributed by atoms with Gasteiger partial charge in [0.2, 0.25) is 0 Å². The molecule has 0 radical (unpaired) electrons. The molecule has 0 unspecified atom stereocenters. The minimum atomic E-state index is -1.23. The summed E-state index contributed by atoms with van der Waals surface area (Å²) in [6, 6.07) is 1.63. The van der Waals surface area contributed by atoms with Gasteiger partial charge in [-0.1, -0.05) is 0 Å². The molecule has 2 aromatic rings. The van der Waals surface area contributed by atoms with Crippen molar-refractivity contribution in [2.45, 2.75) is 6.92 Å². The van der Waals surface area contributed by atoms with Crippen molar-refractivity contribution in [1.82, 2.24) is 20.3 Å². The Kier molecular flexibility index (Phi) is 2.13. The predicted molar refractivity (Wildman–Crippen MR) is 47.0 cm³/mol. The summed E-state index contributed by atoms with van der Waals surface area (Å²) >= 11 is 0. The van der Waals surface area contributed by atoms with Gasteiger partial charge >= 0.3 is 5.97 Å². The van der Waals surface area contributed by atoms with Crippen LogP contribution in [0.15, 0.2) is 16.8 Å². The second-order valence-electron chi connectivity index (χ2n) is 2.76. The summed E-state index contributed by atoms with van der Waals surface area (Å²) in [6.07, 6.45) is 1.47. The monoisotopic (exact) mass is 206 g/mol. The van der Waals surface area contributed by atoms with Crippen molar-refractivity contribution >= 4 is 5.97 Å². The molecule has 76 valence electrons. The number of carbonyl (C=O) groups is 1. The van der Waals surface area contributed by atoms with Crippen LogP contribution in [0.25, 0.3) is 11.5 Å². The molecule has 0 aliphatic carbocycles. The second-order valence-corrected chi connectivity index (χ2v) is 2.76. The molecule has 2 aromatic heterocycles. The van der Waals surface area contributed by atoms with Gasteiger partial charge in [-0.05, 0) is 18.1 Å². The van der Waals surface area contributed by atoms with E-state index in [1.807, 2.05) is 0 Å². The summed E-state index contributed by atoms with van der Waals surface area (Å²) in [6.45, 7) is 1.72. The van der Waals surface area contributed by atoms with Crippen LogP contribution < -0.4 is 0 Å². The molecule has 7 nitrogen and oxygen atoms in total. The number of carboxylic acid groups (broad SMARTS) is 1. The molecule has 0 amide bonds. The van der Waals surface area contributed by atoms with Gasteiger partial charge in [-0.25, -0.2) is 4.79 Å². The van der Waals surface area contributed by atoms with Crippen LogP contribution in [-0.2, 0) is 0 Å². The van der Waals surface area contributed by atoms with E-state index in [1.165, 1.54) is 6.20 Å². The Morgan fingerprint density at radius 2 is 2.33 bits per heavy atom. The number of nitrogens with zero attached hydrogens (tertiary/aromatic N) is 4. The van der Waals surface area contributed by atoms with Crippen molar-refractivity contribution in [1.29, 1.82) is 0 Å². The highest BCUT2D eigenvalue weighted by Crippen LogP contribution is 2.18. The number of carboxylic acids is 1. The first-order valence-corrected chi connectivity index (χ1v) is 4.04. The van der Waals surface area contributed by atoms with Gasteiger partial charge in [0.1, 0.15) is 0 Å². The van der Waals surface area contributed by atoms with Gasteiger partial charge in [-0.2, -0.15) is 15.2 Å². The Labute approximate surface area is 83.8 Å². The Morgan fingerprint density at radius 1 is 1.53 bits per heavy atom. The van der Waals surface area contributed by atoms with Crippen LogP contribution >= 0.6 is 0 Å². The fourth-order valence-corrected chi connectivity index (χ4v) is 1.05. The molecule has 0 aliphatic heterocycles. The molecule has 0 aliphatic rings. The summed E-state index contributed by atoms with van der Waals surface area (Å²) in [5.41, 5.74) is 1.17. The van der Waals surface area contributed by atoms with E-state index in [0.29, 0.717) is 11.3 Å². The minimum Gasteiger partial charge on any atom is -0.475 e. The van der Waals surface area contributed by atoms with Crippen molar-refractivity contribution in [2.75, 3.05) is 0 Å². The lowest BCUT2D eigenvalue weighted by Gasteiger charge is -1.95. The Bertz CT molecular complexity index is 508. The van der Waals surface area contributed by atoms with E-state index in [9.17, 15) is 4.79 Å². The van der Waals surface area contributed by atoms with E-state index >= 15 is 0 Å². The molecule has 1 N–H and O–H groups in total. The highest BCUT2D eigenvalue weighted by atomic mass is 16.5. The van der Waals surface area contributed by atoms with Crippen LogP contribution in [0, 0.1) is 6.92 Å². The highest BCUT2D eigenvalue weighted by Gasteiger charge is 2.15. The lowest BCUT2D eigenvalue weighted by atomic mass is 10.2. The van der Waals surface area contributed by atoms with Gasteiger partial charge in [0.05, 0.1) is 17.5 Å². The van der Waals surface area contributed by atoms with Crippen molar-refractivity contribution in [3.05, 3.63) is 23.8 Å². The quantitative estimate of drug-likeness (QED) is 0.764. The third-order valence-electron chi connectivity index (χ3n) is 1.75. The fourth-order valence-electron chi connectivity index (χ4n) is 1.05. The number of rotatable bonds is 2. The first kappa shape index (κ1) is 9.25. The van der Waals surface area contributed by atoms with Gasteiger partial charge in [0, 0.05) is 0 Å². The fraction of sp³-hybridized carbons (Fsp3) is 0.125. The first-order chi connectivity index (χ1) is 7.18. The van der Waals surface area contributed by atoms with E-state index in [0.717, 1.165) is 0 Å². The van der Waals surface area contributed by atoms with Gasteiger partial charge in [0.25, 0.3) is 11.7 Å². The van der Waals surface area contributed by atoms with E-state index in [-0.39, 0.29) is 11.7 Å². The zero-order valence-electron chi connectivity index (χ0n) is 7.71. The highest BCUT2D eigenvalue weighted by molar-refractivity contribution is 5.83. The molecule has 0 fully saturated rings. The summed E-state index contributed by atoms with van der Waals surface area (Å²) in [7, 11) is 0. The minimum absolute atomic E-state index is 0.125. The number of aryl methyl sites for hydroxylation is 1. The van der Waals surface area contributed by atoms with E-state index < -0.39 is 5.97 Å². The standard InChI is InChI=1S/C8H6N4O3/c1-4-5(2-3-9-11-4)7-10-6(8(13)14)12-15-7/h2-3H,1H3,(H,13,14). The predicted octanol–water partition coefficient (Wildman–Crippen LogP) is 0.533. The van der Waals surface area contributed by atoms with E-state index in [4.69, 9.17) is 9.63 Å². The maximum atomic E-state index is 10.5. The molecule has 2 heterocycles. The number of aromatic nitrogens is 4. The maximum absolute atomic E-state index is 10.5. The number of hydrogen-bond acceptors (Lipinski definition) is 6. The summed E-state index contributed by atoms with van der Waals surface area (Å²) in [5.74, 6) is -1.48. The van der Waals surface area contributed by atoms with Crippen LogP contribution in [0.5, 0.6) is 0 Å². The zero-order valence-corrected chi connectivity index (χ0v) is 7.71. The van der Waals surface area contributed by atoms with Crippen molar-refractivity contribution < 1.29 is 14.4 Å². The Balaban J connectivity index is 2.46. The largest absolute Gasteiger partial charge is 0.475 e. The SMILES string of the molecule is Cc1nnccc1-c1nc(C(=O)O)no1. The lowest BCUT2D eigenvalue weighted by molar-refractivity contribution is 0.0680. The maximum Gasteiger partial charge on any atom is 0.377 e. The zero-order chi connectivity index (χ0) is 10.8. The van der Waals surface area contributed by atoms with Crippen molar-refractivity contribution in [2.24, 2.45) is 0 Å². The Hall–Kier alpha value is -2.31. The van der Waals surface area contributed by atoms with Crippen LogP contribution in [0.1, 0.15) is 16.3 Å². The van der Waals surface area contributed by atoms with Crippen LogP contribution in [0.3, 0.4) is 0 Å². The summed E-state index contributed by atoms with van der Waals surface area (Å²) < 4.78 is 4.78. The lowest BCUT2D eigenvalue weighted by Crippen LogP contribution is -1.98. The normalized spacial score (nSPS) is 10.2. The van der Waals surface area contributed by atoms with Gasteiger partial charge in [-0.3, -0.25) is 0 Å². The molecule has 0 saturated carbocycles. The van der Waals surface area contributed by atoms with Gasteiger partial charge < -0.3 is 9.63 Å². The molecule has 0 atom stereocenters. The third-order valence-corrected chi connectivity index (χ3v) is 1.75. The number of hydrogen-bond donors (Lipinski definition) is 1. The molecule has 0 aromatic carbocycles. The number of aromatic carboxylic acids is 1. The molecule has 7 heteroatoms. The van der Waals surface area contributed by atoms with Crippen molar-refractivity contribution in [3.8, 4) is 11.5 Å². The molecule has 0 saturated heterocycles. The molecule has 0 bridgehead atoms. The summed E-state index contributed by atoms with van der Waals surface area (Å²) in [5, 5.41) is 19.3. The van der Waals surface area contributed by atoms with Gasteiger partial charge in [-0.15, -0.1) is 0 Å². The Morgan fingerprint density at radius 3 is 2.93 bits per heavy atom. The average molecular weight is 206 g/mol. The molecule has 15 heavy (non-hydrogen) atoms. The van der Waals surface area contributed by atoms with Crippen LogP contribution in [0.2, 0.25) is 0 Å². The van der Waals surface area contributed by atoms with E-state index in [1.54, 1.807) is 13.0 Å². The average Bonchev–Trinajstić information content (AvgIpc) is 2.67. The van der Waals surface area contributed by atoms with Gasteiger partial charge in [0.15, 0.2) is 0 Å². The van der Waals surface area contributed by atoms with Crippen LogP contribution in [-0.4, -0.2) is 31.4 Å².